The highest BCUT2D eigenvalue weighted by molar-refractivity contribution is 9.10. The summed E-state index contributed by atoms with van der Waals surface area (Å²) in [5.74, 6) is 0.931. The Balaban J connectivity index is 1.68. The maximum Gasteiger partial charge on any atom is 0.325 e. The molecule has 1 spiro atoms. The monoisotopic (exact) mass is 450 g/mol. The number of hydrogen-bond acceptors (Lipinski definition) is 5. The first-order valence-electron chi connectivity index (χ1n) is 8.62. The number of imide groups is 1. The van der Waals surface area contributed by atoms with Gasteiger partial charge in [0.2, 0.25) is 0 Å². The summed E-state index contributed by atoms with van der Waals surface area (Å²) in [6.07, 6.45) is 2.47. The summed E-state index contributed by atoms with van der Waals surface area (Å²) < 4.78 is 11.4. The number of methoxy groups -OCH3 is 2. The average Bonchev–Trinajstić information content (AvgIpc) is 3.23. The largest absolute Gasteiger partial charge is 0.493 e. The first-order chi connectivity index (χ1) is 13.0. The van der Waals surface area contributed by atoms with Crippen LogP contribution in [0, 0.1) is 0 Å². The van der Waals surface area contributed by atoms with Crippen LogP contribution in [0.15, 0.2) is 28.1 Å². The number of nitrogens with zero attached hydrogens (tertiary/aromatic N) is 1. The van der Waals surface area contributed by atoms with Crippen molar-refractivity contribution < 1.29 is 19.1 Å². The second-order valence-corrected chi connectivity index (χ2v) is 8.41. The van der Waals surface area contributed by atoms with Crippen molar-refractivity contribution in [2.45, 2.75) is 31.3 Å². The van der Waals surface area contributed by atoms with Gasteiger partial charge in [0.15, 0.2) is 11.5 Å². The minimum atomic E-state index is -0.923. The molecule has 8 heteroatoms. The van der Waals surface area contributed by atoms with E-state index < -0.39 is 5.54 Å². The van der Waals surface area contributed by atoms with Crippen molar-refractivity contribution in [3.8, 4) is 11.5 Å². The van der Waals surface area contributed by atoms with Crippen molar-refractivity contribution in [2.24, 2.45) is 0 Å². The molecule has 6 nitrogen and oxygen atoms in total. The molecule has 1 aliphatic heterocycles. The van der Waals surface area contributed by atoms with Crippen LogP contribution in [0.5, 0.6) is 11.5 Å². The number of benzene rings is 1. The fourth-order valence-corrected chi connectivity index (χ4v) is 5.52. The summed E-state index contributed by atoms with van der Waals surface area (Å²) >= 11 is 5.16. The average molecular weight is 451 g/mol. The smallest absolute Gasteiger partial charge is 0.325 e. The Hall–Kier alpha value is -2.06. The van der Waals surface area contributed by atoms with Gasteiger partial charge in [0, 0.05) is 10.4 Å². The Morgan fingerprint density at radius 1 is 1.26 bits per heavy atom. The molecule has 0 saturated carbocycles. The van der Waals surface area contributed by atoms with Crippen LogP contribution in [0.4, 0.5) is 4.79 Å². The molecular weight excluding hydrogens is 432 g/mol. The summed E-state index contributed by atoms with van der Waals surface area (Å²) in [7, 11) is 3.11. The number of thiophene rings is 1. The van der Waals surface area contributed by atoms with Crippen LogP contribution >= 0.6 is 27.3 Å². The zero-order chi connectivity index (χ0) is 19.2. The Labute approximate surface area is 169 Å². The van der Waals surface area contributed by atoms with Gasteiger partial charge in [-0.25, -0.2) is 4.79 Å². The molecule has 1 aliphatic carbocycles. The number of halogens is 1. The second kappa shape index (κ2) is 6.83. The normalized spacial score (nSPS) is 21.4. The molecule has 1 saturated heterocycles. The molecule has 142 valence electrons. The Morgan fingerprint density at radius 3 is 2.81 bits per heavy atom. The molecule has 3 amide bonds. The minimum Gasteiger partial charge on any atom is -0.493 e. The van der Waals surface area contributed by atoms with Gasteiger partial charge in [-0.15, -0.1) is 11.3 Å². The molecule has 27 heavy (non-hydrogen) atoms. The lowest BCUT2D eigenvalue weighted by Crippen LogP contribution is -2.46. The molecule has 0 bridgehead atoms. The van der Waals surface area contributed by atoms with E-state index in [9.17, 15) is 9.59 Å². The Bertz CT molecular complexity index is 928. The Morgan fingerprint density at radius 2 is 2.07 bits per heavy atom. The van der Waals surface area contributed by atoms with Crippen molar-refractivity contribution in [1.29, 1.82) is 0 Å². The van der Waals surface area contributed by atoms with Crippen molar-refractivity contribution in [3.63, 3.8) is 0 Å². The van der Waals surface area contributed by atoms with Crippen LogP contribution < -0.4 is 14.8 Å². The summed E-state index contributed by atoms with van der Waals surface area (Å²) in [5, 5.41) is 4.97. The van der Waals surface area contributed by atoms with E-state index >= 15 is 0 Å². The summed E-state index contributed by atoms with van der Waals surface area (Å²) in [6, 6.07) is 5.20. The third-order valence-electron chi connectivity index (χ3n) is 5.23. The second-order valence-electron chi connectivity index (χ2n) is 6.61. The van der Waals surface area contributed by atoms with E-state index in [1.54, 1.807) is 31.6 Å². The summed E-state index contributed by atoms with van der Waals surface area (Å²) in [5.41, 5.74) is 0.800. The highest BCUT2D eigenvalue weighted by atomic mass is 79.9. The van der Waals surface area contributed by atoms with E-state index in [4.69, 9.17) is 9.47 Å². The van der Waals surface area contributed by atoms with Crippen molar-refractivity contribution >= 4 is 39.2 Å². The van der Waals surface area contributed by atoms with E-state index in [1.165, 1.54) is 9.78 Å². The molecule has 2 aliphatic rings. The molecule has 1 aromatic heterocycles. The molecule has 1 unspecified atom stereocenters. The molecule has 2 aromatic rings. The lowest BCUT2D eigenvalue weighted by Gasteiger charge is -2.31. The first kappa shape index (κ1) is 18.3. The molecule has 1 atom stereocenters. The van der Waals surface area contributed by atoms with E-state index in [1.807, 2.05) is 17.5 Å². The third kappa shape index (κ3) is 2.73. The van der Waals surface area contributed by atoms with E-state index in [0.29, 0.717) is 22.4 Å². The van der Waals surface area contributed by atoms with Crippen molar-refractivity contribution in [2.75, 3.05) is 14.2 Å². The lowest BCUT2D eigenvalue weighted by atomic mass is 9.80. The molecule has 4 rings (SSSR count). The van der Waals surface area contributed by atoms with Gasteiger partial charge in [0.25, 0.3) is 5.91 Å². The van der Waals surface area contributed by atoms with Gasteiger partial charge >= 0.3 is 6.03 Å². The number of hydrogen-bond donors (Lipinski definition) is 1. The van der Waals surface area contributed by atoms with Crippen molar-refractivity contribution in [1.82, 2.24) is 10.2 Å². The zero-order valence-electron chi connectivity index (χ0n) is 15.0. The fourth-order valence-electron chi connectivity index (χ4n) is 3.91. The highest BCUT2D eigenvalue weighted by Gasteiger charge is 2.54. The zero-order valence-corrected chi connectivity index (χ0v) is 17.4. The standard InChI is InChI=1S/C19H19BrN2O4S/c1-25-13-6-5-11(15(20)16(13)26-2)10-22-17(23)19(21-18(22)24)8-3-4-14-12(19)7-9-27-14/h5-7,9H,3-4,8,10H2,1-2H3,(H,21,24). The molecule has 1 fully saturated rings. The number of carbonyl (C=O) groups is 2. The predicted molar refractivity (Wildman–Crippen MR) is 105 cm³/mol. The van der Waals surface area contributed by atoms with Gasteiger partial charge in [-0.05, 0) is 58.3 Å². The molecule has 2 heterocycles. The van der Waals surface area contributed by atoms with E-state index in [-0.39, 0.29) is 18.5 Å². The first-order valence-corrected chi connectivity index (χ1v) is 10.3. The molecule has 0 radical (unpaired) electrons. The highest BCUT2D eigenvalue weighted by Crippen LogP contribution is 2.43. The van der Waals surface area contributed by atoms with Gasteiger partial charge in [-0.3, -0.25) is 9.69 Å². The maximum absolute atomic E-state index is 13.3. The van der Waals surface area contributed by atoms with Gasteiger partial charge in [0.05, 0.1) is 25.2 Å². The van der Waals surface area contributed by atoms with E-state index in [2.05, 4.69) is 21.2 Å². The van der Waals surface area contributed by atoms with Crippen LogP contribution in [-0.2, 0) is 23.3 Å². The quantitative estimate of drug-likeness (QED) is 0.718. The van der Waals surface area contributed by atoms with Crippen LogP contribution in [0.25, 0.3) is 0 Å². The van der Waals surface area contributed by atoms with Crippen LogP contribution in [0.3, 0.4) is 0 Å². The van der Waals surface area contributed by atoms with Crippen LogP contribution in [0.1, 0.15) is 28.8 Å². The number of aryl methyl sites for hydroxylation is 1. The SMILES string of the molecule is COc1ccc(CN2C(=O)NC3(CCCc4sccc43)C2=O)c(Br)c1OC. The Kier molecular flexibility index (Phi) is 4.63. The molecule has 1 aromatic carbocycles. The predicted octanol–water partition coefficient (Wildman–Crippen LogP) is 3.81. The number of nitrogens with one attached hydrogen (secondary N) is 1. The van der Waals surface area contributed by atoms with Gasteiger partial charge < -0.3 is 14.8 Å². The number of ether oxygens (including phenoxy) is 2. The number of rotatable bonds is 4. The van der Waals surface area contributed by atoms with Crippen molar-refractivity contribution in [3.05, 3.63) is 44.1 Å². The van der Waals surface area contributed by atoms with Crippen LogP contribution in [-0.4, -0.2) is 31.1 Å². The van der Waals surface area contributed by atoms with Crippen LogP contribution in [0.2, 0.25) is 0 Å². The number of urea groups is 1. The minimum absolute atomic E-state index is 0.160. The van der Waals surface area contributed by atoms with E-state index in [0.717, 1.165) is 24.0 Å². The van der Waals surface area contributed by atoms with Gasteiger partial charge in [-0.1, -0.05) is 6.07 Å². The number of fused-ring (bicyclic) bond motifs is 2. The summed E-state index contributed by atoms with van der Waals surface area (Å²) in [6.45, 7) is 0.160. The molecule has 1 N–H and O–H groups in total. The maximum atomic E-state index is 13.3. The van der Waals surface area contributed by atoms with Gasteiger partial charge in [0.1, 0.15) is 5.54 Å². The molecular formula is C19H19BrN2O4S. The summed E-state index contributed by atoms with van der Waals surface area (Å²) in [4.78, 5) is 28.5. The third-order valence-corrected chi connectivity index (χ3v) is 7.08. The fraction of sp³-hybridized carbons (Fsp3) is 0.368. The topological polar surface area (TPSA) is 67.9 Å². The van der Waals surface area contributed by atoms with Gasteiger partial charge in [-0.2, -0.15) is 0 Å². The lowest BCUT2D eigenvalue weighted by molar-refractivity contribution is -0.132. The number of carbonyl (C=O) groups excluding carboxylic acids is 2. The number of amides is 3.